The second-order valence-electron chi connectivity index (χ2n) is 10.2. The van der Waals surface area contributed by atoms with E-state index in [1.54, 1.807) is 26.1 Å². The third kappa shape index (κ3) is 7.31. The van der Waals surface area contributed by atoms with Crippen molar-refractivity contribution >= 4 is 68.3 Å². The van der Waals surface area contributed by atoms with Crippen LogP contribution in [-0.2, 0) is 9.53 Å². The topological polar surface area (TPSA) is 92.0 Å². The number of halogens is 2. The second-order valence-corrected chi connectivity index (χ2v) is 12.6. The van der Waals surface area contributed by atoms with Gasteiger partial charge in [0.2, 0.25) is 0 Å². The summed E-state index contributed by atoms with van der Waals surface area (Å²) in [4.78, 5) is 30.6. The summed E-state index contributed by atoms with van der Waals surface area (Å²) in [6, 6.07) is 15.1. The highest BCUT2D eigenvalue weighted by Crippen LogP contribution is 2.34. The van der Waals surface area contributed by atoms with E-state index in [4.69, 9.17) is 19.2 Å². The molecule has 0 atom stereocenters. The van der Waals surface area contributed by atoms with E-state index < -0.39 is 5.97 Å². The van der Waals surface area contributed by atoms with Crippen LogP contribution < -0.4 is 15.0 Å². The predicted octanol–water partition coefficient (Wildman–Crippen LogP) is 7.32. The van der Waals surface area contributed by atoms with Gasteiger partial charge < -0.3 is 14.2 Å². The van der Waals surface area contributed by atoms with Gasteiger partial charge in [0.05, 0.1) is 37.0 Å². The lowest BCUT2D eigenvalue weighted by atomic mass is 9.96. The van der Waals surface area contributed by atoms with Crippen LogP contribution in [0, 0.1) is 14.1 Å². The first-order valence-electron chi connectivity index (χ1n) is 13.6. The molecule has 0 amide bonds. The number of benzene rings is 3. The SMILES string of the molecule is CCOc1cc(C)c(-c2nc3ccccc3c(=O)n2N=Cc2cc(I)c(OCC(=O)OC(C)C)c(I)c2)cc1C(C)C. The van der Waals surface area contributed by atoms with Crippen molar-refractivity contribution in [1.29, 1.82) is 0 Å². The maximum absolute atomic E-state index is 13.8. The molecule has 0 saturated carbocycles. The van der Waals surface area contributed by atoms with Gasteiger partial charge in [0.15, 0.2) is 12.4 Å². The van der Waals surface area contributed by atoms with E-state index in [2.05, 4.69) is 70.2 Å². The number of hydrogen-bond acceptors (Lipinski definition) is 7. The molecular formula is C32H33I2N3O5. The lowest BCUT2D eigenvalue weighted by Crippen LogP contribution is -2.21. The number of carbonyl (C=O) groups excluding carboxylic acids is 1. The highest BCUT2D eigenvalue weighted by Gasteiger charge is 2.19. The number of aryl methyl sites for hydroxylation is 1. The third-order valence-corrected chi connectivity index (χ3v) is 7.92. The standard InChI is InChI=1S/C32H33I2N3O5/c1-7-40-28-12-20(6)24(15-23(28)18(2)3)31-36-27-11-9-8-10-22(27)32(39)37(31)35-16-21-13-25(33)30(26(34)14-21)41-17-29(38)42-19(4)5/h8-16,18-19H,7,17H2,1-6H3. The number of nitrogens with zero attached hydrogens (tertiary/aromatic N) is 3. The van der Waals surface area contributed by atoms with E-state index in [0.29, 0.717) is 29.1 Å². The molecule has 0 fully saturated rings. The van der Waals surface area contributed by atoms with Crippen molar-refractivity contribution in [1.82, 2.24) is 9.66 Å². The van der Waals surface area contributed by atoms with E-state index in [9.17, 15) is 9.59 Å². The first-order chi connectivity index (χ1) is 20.0. The Kier molecular flexibility index (Phi) is 10.6. The number of ether oxygens (including phenoxy) is 3. The van der Waals surface area contributed by atoms with Crippen LogP contribution in [0.4, 0.5) is 0 Å². The number of carbonyl (C=O) groups is 1. The van der Waals surface area contributed by atoms with Gasteiger partial charge in [-0.3, -0.25) is 4.79 Å². The molecule has 10 heteroatoms. The number of hydrogen-bond donors (Lipinski definition) is 0. The minimum atomic E-state index is -0.428. The summed E-state index contributed by atoms with van der Waals surface area (Å²) < 4.78 is 19.8. The Morgan fingerprint density at radius 1 is 1.05 bits per heavy atom. The van der Waals surface area contributed by atoms with E-state index in [0.717, 1.165) is 35.1 Å². The molecule has 0 saturated heterocycles. The summed E-state index contributed by atoms with van der Waals surface area (Å²) >= 11 is 4.32. The van der Waals surface area contributed by atoms with Crippen LogP contribution in [0.15, 0.2) is 58.4 Å². The number of para-hydroxylation sites is 1. The normalized spacial score (nSPS) is 11.6. The Balaban J connectivity index is 1.79. The van der Waals surface area contributed by atoms with Crippen molar-refractivity contribution in [2.45, 2.75) is 53.6 Å². The maximum atomic E-state index is 13.8. The van der Waals surface area contributed by atoms with Crippen molar-refractivity contribution in [3.05, 3.63) is 82.7 Å². The van der Waals surface area contributed by atoms with Crippen LogP contribution in [-0.4, -0.2) is 41.2 Å². The number of aromatic nitrogens is 2. The Bertz CT molecular complexity index is 1690. The van der Waals surface area contributed by atoms with Crippen LogP contribution in [0.25, 0.3) is 22.3 Å². The highest BCUT2D eigenvalue weighted by atomic mass is 127. The fourth-order valence-electron chi connectivity index (χ4n) is 4.42. The second kappa shape index (κ2) is 14.0. The Morgan fingerprint density at radius 2 is 1.74 bits per heavy atom. The summed E-state index contributed by atoms with van der Waals surface area (Å²) in [6.07, 6.45) is 1.43. The van der Waals surface area contributed by atoms with Gasteiger partial charge in [-0.25, -0.2) is 9.78 Å². The summed E-state index contributed by atoms with van der Waals surface area (Å²) in [6.45, 7) is 12.1. The quantitative estimate of drug-likeness (QED) is 0.0951. The first kappa shape index (κ1) is 31.9. The molecular weight excluding hydrogens is 760 g/mol. The van der Waals surface area contributed by atoms with Gasteiger partial charge in [0.1, 0.15) is 11.5 Å². The molecule has 0 spiro atoms. The summed E-state index contributed by atoms with van der Waals surface area (Å²) in [5.74, 6) is 1.64. The van der Waals surface area contributed by atoms with Crippen LogP contribution in [0.1, 0.15) is 57.2 Å². The van der Waals surface area contributed by atoms with Crippen LogP contribution in [0.3, 0.4) is 0 Å². The van der Waals surface area contributed by atoms with Gasteiger partial charge in [0, 0.05) is 5.56 Å². The van der Waals surface area contributed by atoms with Crippen LogP contribution in [0.2, 0.25) is 0 Å². The smallest absolute Gasteiger partial charge is 0.344 e. The molecule has 4 aromatic rings. The molecule has 0 unspecified atom stereocenters. The third-order valence-electron chi connectivity index (χ3n) is 6.32. The van der Waals surface area contributed by atoms with Gasteiger partial charge in [-0.05, 0) is 132 Å². The zero-order chi connectivity index (χ0) is 30.6. The number of esters is 1. The van der Waals surface area contributed by atoms with E-state index in [1.165, 1.54) is 4.68 Å². The lowest BCUT2D eigenvalue weighted by Gasteiger charge is -2.18. The number of rotatable bonds is 10. The predicted molar refractivity (Wildman–Crippen MR) is 183 cm³/mol. The molecule has 0 radical (unpaired) electrons. The van der Waals surface area contributed by atoms with Crippen molar-refractivity contribution in [2.75, 3.05) is 13.2 Å². The lowest BCUT2D eigenvalue weighted by molar-refractivity contribution is -0.149. The zero-order valence-corrected chi connectivity index (χ0v) is 28.7. The molecule has 4 rings (SSSR count). The highest BCUT2D eigenvalue weighted by molar-refractivity contribution is 14.1. The summed E-state index contributed by atoms with van der Waals surface area (Å²) in [7, 11) is 0. The van der Waals surface area contributed by atoms with Gasteiger partial charge in [-0.15, -0.1) is 0 Å². The van der Waals surface area contributed by atoms with Crippen molar-refractivity contribution in [2.24, 2.45) is 5.10 Å². The summed E-state index contributed by atoms with van der Waals surface area (Å²) in [5.41, 5.74) is 3.87. The monoisotopic (exact) mass is 793 g/mol. The molecule has 1 heterocycles. The Labute approximate surface area is 272 Å². The first-order valence-corrected chi connectivity index (χ1v) is 15.8. The van der Waals surface area contributed by atoms with Gasteiger partial charge >= 0.3 is 5.97 Å². The molecule has 8 nitrogen and oxygen atoms in total. The molecule has 0 aliphatic heterocycles. The average molecular weight is 793 g/mol. The van der Waals surface area contributed by atoms with E-state index >= 15 is 0 Å². The maximum Gasteiger partial charge on any atom is 0.344 e. The van der Waals surface area contributed by atoms with Crippen LogP contribution in [0.5, 0.6) is 11.5 Å². The minimum absolute atomic E-state index is 0.182. The molecule has 3 aromatic carbocycles. The van der Waals surface area contributed by atoms with Crippen molar-refractivity contribution in [3.8, 4) is 22.9 Å². The largest absolute Gasteiger partial charge is 0.494 e. The molecule has 0 aliphatic rings. The molecule has 220 valence electrons. The van der Waals surface area contributed by atoms with Crippen LogP contribution >= 0.6 is 45.2 Å². The Hall–Kier alpha value is -3.00. The van der Waals surface area contributed by atoms with Crippen molar-refractivity contribution < 1.29 is 19.0 Å². The molecule has 0 aliphatic carbocycles. The van der Waals surface area contributed by atoms with E-state index in [1.807, 2.05) is 50.2 Å². The number of fused-ring (bicyclic) bond motifs is 1. The van der Waals surface area contributed by atoms with E-state index in [-0.39, 0.29) is 24.2 Å². The fraction of sp³-hybridized carbons (Fsp3) is 0.312. The summed E-state index contributed by atoms with van der Waals surface area (Å²) in [5, 5.41) is 5.14. The van der Waals surface area contributed by atoms with Gasteiger partial charge in [-0.1, -0.05) is 26.0 Å². The van der Waals surface area contributed by atoms with Gasteiger partial charge in [0.25, 0.3) is 5.56 Å². The molecule has 1 aromatic heterocycles. The van der Waals surface area contributed by atoms with Gasteiger partial charge in [-0.2, -0.15) is 9.78 Å². The zero-order valence-electron chi connectivity index (χ0n) is 24.4. The fourth-order valence-corrected chi connectivity index (χ4v) is 6.55. The Morgan fingerprint density at radius 3 is 2.38 bits per heavy atom. The van der Waals surface area contributed by atoms with Crippen molar-refractivity contribution in [3.63, 3.8) is 0 Å². The molecule has 0 N–H and O–H groups in total. The molecule has 42 heavy (non-hydrogen) atoms. The minimum Gasteiger partial charge on any atom is -0.494 e. The molecule has 0 bridgehead atoms. The average Bonchev–Trinajstić information content (AvgIpc) is 2.92.